The van der Waals surface area contributed by atoms with Crippen molar-refractivity contribution in [2.75, 3.05) is 32.7 Å². The summed E-state index contributed by atoms with van der Waals surface area (Å²) >= 11 is 5.42. The normalized spacial score (nSPS) is 16.1. The Morgan fingerprint density at radius 3 is 2.20 bits per heavy atom. The van der Waals surface area contributed by atoms with Crippen LogP contribution in [0.1, 0.15) is 36.5 Å². The van der Waals surface area contributed by atoms with Gasteiger partial charge in [-0.1, -0.05) is 31.0 Å². The van der Waals surface area contributed by atoms with Gasteiger partial charge in [0.2, 0.25) is 10.0 Å². The lowest BCUT2D eigenvalue weighted by atomic mass is 10.1. The van der Waals surface area contributed by atoms with Crippen molar-refractivity contribution in [3.05, 3.63) is 28.8 Å². The fourth-order valence-electron chi connectivity index (χ4n) is 3.32. The molecule has 0 aliphatic carbocycles. The minimum Gasteiger partial charge on any atom is -0.363 e. The van der Waals surface area contributed by atoms with Crippen molar-refractivity contribution in [1.29, 1.82) is 0 Å². The highest BCUT2D eigenvalue weighted by Crippen LogP contribution is 2.26. The first-order valence-electron chi connectivity index (χ1n) is 8.88. The van der Waals surface area contributed by atoms with Crippen LogP contribution in [0.4, 0.5) is 0 Å². The molecule has 0 atom stereocenters. The van der Waals surface area contributed by atoms with E-state index in [1.807, 2.05) is 32.9 Å². The summed E-state index contributed by atoms with van der Waals surface area (Å²) in [6.45, 7) is 10.9. The van der Waals surface area contributed by atoms with Gasteiger partial charge in [0.05, 0.1) is 4.90 Å². The van der Waals surface area contributed by atoms with E-state index in [0.717, 1.165) is 41.2 Å². The summed E-state index contributed by atoms with van der Waals surface area (Å²) in [4.78, 5) is 2.52. The molecule has 1 aromatic rings. The zero-order valence-corrected chi connectivity index (χ0v) is 17.3. The molecular formula is C18H29N3O2S2. The second kappa shape index (κ2) is 8.47. The molecule has 0 unspecified atom stereocenters. The summed E-state index contributed by atoms with van der Waals surface area (Å²) in [7, 11) is -3.47. The molecule has 25 heavy (non-hydrogen) atoms. The number of aryl methyl sites for hydroxylation is 3. The van der Waals surface area contributed by atoms with Crippen molar-refractivity contribution in [2.24, 2.45) is 0 Å². The number of sulfonamides is 1. The highest BCUT2D eigenvalue weighted by Gasteiger charge is 2.31. The largest absolute Gasteiger partial charge is 0.363 e. The first-order chi connectivity index (χ1) is 11.8. The maximum atomic E-state index is 13.1. The predicted molar refractivity (Wildman–Crippen MR) is 106 cm³/mol. The van der Waals surface area contributed by atoms with E-state index in [1.165, 1.54) is 0 Å². The first-order valence-corrected chi connectivity index (χ1v) is 10.7. The van der Waals surface area contributed by atoms with Gasteiger partial charge in [0.25, 0.3) is 0 Å². The quantitative estimate of drug-likeness (QED) is 0.626. The Morgan fingerprint density at radius 1 is 1.12 bits per heavy atom. The van der Waals surface area contributed by atoms with Crippen molar-refractivity contribution < 1.29 is 8.42 Å². The molecule has 1 fully saturated rings. The molecule has 1 aliphatic heterocycles. The van der Waals surface area contributed by atoms with Gasteiger partial charge in [0.1, 0.15) is 0 Å². The number of benzene rings is 1. The third-order valence-electron chi connectivity index (χ3n) is 4.53. The number of unbranched alkanes of at least 4 members (excludes halogenated alkanes) is 1. The van der Waals surface area contributed by atoms with E-state index in [-0.39, 0.29) is 0 Å². The molecule has 1 heterocycles. The van der Waals surface area contributed by atoms with Crippen molar-refractivity contribution in [3.8, 4) is 0 Å². The van der Waals surface area contributed by atoms with Crippen molar-refractivity contribution in [2.45, 2.75) is 45.4 Å². The number of hydrogen-bond donors (Lipinski definition) is 1. The average molecular weight is 384 g/mol. The molecular weight excluding hydrogens is 354 g/mol. The Kier molecular flexibility index (Phi) is 6.82. The van der Waals surface area contributed by atoms with Crippen LogP contribution in [0.5, 0.6) is 0 Å². The topological polar surface area (TPSA) is 52.6 Å². The van der Waals surface area contributed by atoms with Gasteiger partial charge in [-0.05, 0) is 50.5 Å². The number of hydrogen-bond acceptors (Lipinski definition) is 3. The lowest BCUT2D eigenvalue weighted by Gasteiger charge is -2.36. The maximum absolute atomic E-state index is 13.1. The molecule has 0 radical (unpaired) electrons. The molecule has 7 heteroatoms. The SMILES string of the molecule is CCCCNC(=S)N1CCN(S(=O)(=O)c2c(C)cc(C)cc2C)CC1. The Hall–Kier alpha value is -1.18. The second-order valence-electron chi connectivity index (χ2n) is 6.70. The molecule has 2 rings (SSSR count). The fourth-order valence-corrected chi connectivity index (χ4v) is 5.44. The van der Waals surface area contributed by atoms with E-state index in [4.69, 9.17) is 12.2 Å². The zero-order chi connectivity index (χ0) is 18.6. The minimum atomic E-state index is -3.47. The summed E-state index contributed by atoms with van der Waals surface area (Å²) in [5.41, 5.74) is 2.72. The summed E-state index contributed by atoms with van der Waals surface area (Å²) in [6.07, 6.45) is 2.21. The lowest BCUT2D eigenvalue weighted by Crippen LogP contribution is -2.53. The second-order valence-corrected chi connectivity index (χ2v) is 8.97. The Balaban J connectivity index is 2.06. The molecule has 1 N–H and O–H groups in total. The van der Waals surface area contributed by atoms with Crippen LogP contribution >= 0.6 is 12.2 Å². The van der Waals surface area contributed by atoms with Crippen LogP contribution < -0.4 is 5.32 Å². The molecule has 0 aromatic heterocycles. The van der Waals surface area contributed by atoms with Gasteiger partial charge in [0, 0.05) is 32.7 Å². The molecule has 1 aromatic carbocycles. The smallest absolute Gasteiger partial charge is 0.243 e. The number of nitrogens with one attached hydrogen (secondary N) is 1. The lowest BCUT2D eigenvalue weighted by molar-refractivity contribution is 0.264. The van der Waals surface area contributed by atoms with E-state index in [0.29, 0.717) is 31.1 Å². The maximum Gasteiger partial charge on any atom is 0.243 e. The van der Waals surface area contributed by atoms with Crippen LogP contribution in [0.2, 0.25) is 0 Å². The summed E-state index contributed by atoms with van der Waals surface area (Å²) < 4.78 is 27.8. The monoisotopic (exact) mass is 383 g/mol. The van der Waals surface area contributed by atoms with Crippen LogP contribution in [0.3, 0.4) is 0 Å². The Morgan fingerprint density at radius 2 is 1.68 bits per heavy atom. The van der Waals surface area contributed by atoms with E-state index in [2.05, 4.69) is 17.1 Å². The van der Waals surface area contributed by atoms with Crippen LogP contribution in [-0.2, 0) is 10.0 Å². The van der Waals surface area contributed by atoms with Crippen molar-refractivity contribution in [1.82, 2.24) is 14.5 Å². The van der Waals surface area contributed by atoms with E-state index < -0.39 is 10.0 Å². The number of thiocarbonyl (C=S) groups is 1. The van der Waals surface area contributed by atoms with E-state index in [1.54, 1.807) is 4.31 Å². The van der Waals surface area contributed by atoms with Crippen LogP contribution in [0.15, 0.2) is 17.0 Å². The van der Waals surface area contributed by atoms with E-state index >= 15 is 0 Å². The molecule has 1 aliphatic rings. The summed E-state index contributed by atoms with van der Waals surface area (Å²) in [5.74, 6) is 0. The first kappa shape index (κ1) is 20.1. The van der Waals surface area contributed by atoms with Crippen molar-refractivity contribution >= 4 is 27.4 Å². The van der Waals surface area contributed by atoms with Gasteiger partial charge in [-0.15, -0.1) is 0 Å². The molecule has 0 saturated carbocycles. The Labute approximate surface area is 157 Å². The summed E-state index contributed by atoms with van der Waals surface area (Å²) in [6, 6.07) is 3.87. The molecule has 140 valence electrons. The zero-order valence-electron chi connectivity index (χ0n) is 15.6. The molecule has 1 saturated heterocycles. The van der Waals surface area contributed by atoms with Crippen LogP contribution in [0, 0.1) is 20.8 Å². The van der Waals surface area contributed by atoms with Crippen LogP contribution in [0.25, 0.3) is 0 Å². The molecule has 5 nitrogen and oxygen atoms in total. The third-order valence-corrected chi connectivity index (χ3v) is 7.14. The van der Waals surface area contributed by atoms with Gasteiger partial charge >= 0.3 is 0 Å². The minimum absolute atomic E-state index is 0.454. The van der Waals surface area contributed by atoms with Gasteiger partial charge in [-0.25, -0.2) is 8.42 Å². The van der Waals surface area contributed by atoms with Crippen molar-refractivity contribution in [3.63, 3.8) is 0 Å². The molecule has 0 amide bonds. The highest BCUT2D eigenvalue weighted by atomic mass is 32.2. The van der Waals surface area contributed by atoms with E-state index in [9.17, 15) is 8.42 Å². The molecule has 0 spiro atoms. The van der Waals surface area contributed by atoms with Gasteiger partial charge < -0.3 is 10.2 Å². The third kappa shape index (κ3) is 4.71. The van der Waals surface area contributed by atoms with Gasteiger partial charge in [0.15, 0.2) is 5.11 Å². The molecule has 0 bridgehead atoms. The predicted octanol–water partition coefficient (Wildman–Crippen LogP) is 2.59. The fraction of sp³-hybridized carbons (Fsp3) is 0.611. The van der Waals surface area contributed by atoms with Gasteiger partial charge in [-0.3, -0.25) is 0 Å². The van der Waals surface area contributed by atoms with Crippen LogP contribution in [-0.4, -0.2) is 55.5 Å². The highest BCUT2D eigenvalue weighted by molar-refractivity contribution is 7.89. The number of rotatable bonds is 5. The van der Waals surface area contributed by atoms with Gasteiger partial charge in [-0.2, -0.15) is 4.31 Å². The summed E-state index contributed by atoms with van der Waals surface area (Å²) in [5, 5.41) is 3.98. The number of nitrogens with zero attached hydrogens (tertiary/aromatic N) is 2. The standard InChI is InChI=1S/C18H29N3O2S2/c1-5-6-7-19-18(24)20-8-10-21(11-9-20)25(22,23)17-15(3)12-14(2)13-16(17)4/h12-13H,5-11H2,1-4H3,(H,19,24). The Bertz CT molecular complexity index is 701. The number of piperazine rings is 1. The average Bonchev–Trinajstić information content (AvgIpc) is 2.54.